The Balaban J connectivity index is 3.01. The van der Waals surface area contributed by atoms with Gasteiger partial charge in [0.05, 0.1) is 10.7 Å². The van der Waals surface area contributed by atoms with Crippen LogP contribution in [-0.4, -0.2) is 22.8 Å². The highest BCUT2D eigenvalue weighted by molar-refractivity contribution is 6.33. The smallest absolute Gasteiger partial charge is 0.412 e. The van der Waals surface area contributed by atoms with Crippen molar-refractivity contribution in [2.45, 2.75) is 26.4 Å². The molecule has 19 heavy (non-hydrogen) atoms. The molecule has 2 N–H and O–H groups in total. The summed E-state index contributed by atoms with van der Waals surface area (Å²) in [5.41, 5.74) is -1.76. The van der Waals surface area contributed by atoms with Gasteiger partial charge in [-0.3, -0.25) is 5.32 Å². The molecule has 1 aromatic carbocycles. The molecule has 0 radical (unpaired) electrons. The first-order chi connectivity index (χ1) is 8.61. The van der Waals surface area contributed by atoms with Crippen LogP contribution in [0.15, 0.2) is 12.1 Å². The maximum atomic E-state index is 13.8. The number of carbonyl (C=O) groups is 2. The van der Waals surface area contributed by atoms with E-state index < -0.39 is 29.0 Å². The zero-order valence-corrected chi connectivity index (χ0v) is 11.3. The fraction of sp³-hybridized carbons (Fsp3) is 0.333. The molecule has 5 nitrogen and oxygen atoms in total. The van der Waals surface area contributed by atoms with Crippen LogP contribution in [0.25, 0.3) is 0 Å². The first kappa shape index (κ1) is 15.2. The fourth-order valence-corrected chi connectivity index (χ4v) is 1.49. The summed E-state index contributed by atoms with van der Waals surface area (Å²) in [5.74, 6) is -2.64. The number of anilines is 1. The second-order valence-electron chi connectivity index (χ2n) is 4.72. The number of amides is 1. The Morgan fingerprint density at radius 2 is 1.95 bits per heavy atom. The van der Waals surface area contributed by atoms with E-state index in [9.17, 15) is 14.0 Å². The van der Waals surface area contributed by atoms with Gasteiger partial charge in [0.2, 0.25) is 0 Å². The molecule has 1 aromatic rings. The van der Waals surface area contributed by atoms with Gasteiger partial charge in [0, 0.05) is 0 Å². The summed E-state index contributed by atoms with van der Waals surface area (Å²) >= 11 is 5.57. The summed E-state index contributed by atoms with van der Waals surface area (Å²) in [7, 11) is 0. The van der Waals surface area contributed by atoms with Crippen LogP contribution in [0, 0.1) is 5.82 Å². The second kappa shape index (κ2) is 5.44. The average Bonchev–Trinajstić information content (AvgIpc) is 2.19. The number of hydrogen-bond donors (Lipinski definition) is 2. The lowest BCUT2D eigenvalue weighted by molar-refractivity contribution is 0.0631. The Hall–Kier alpha value is -1.82. The number of nitrogens with one attached hydrogen (secondary N) is 1. The molecule has 0 heterocycles. The number of benzene rings is 1. The van der Waals surface area contributed by atoms with E-state index in [-0.39, 0.29) is 10.7 Å². The third kappa shape index (κ3) is 4.10. The van der Waals surface area contributed by atoms with Crippen molar-refractivity contribution in [3.8, 4) is 0 Å². The number of aromatic carboxylic acids is 1. The third-order valence-electron chi connectivity index (χ3n) is 1.94. The molecule has 1 amide bonds. The molecule has 0 atom stereocenters. The van der Waals surface area contributed by atoms with Gasteiger partial charge in [-0.15, -0.1) is 0 Å². The average molecular weight is 290 g/mol. The molecule has 0 aliphatic carbocycles. The molecule has 0 saturated heterocycles. The summed E-state index contributed by atoms with van der Waals surface area (Å²) in [5, 5.41) is 10.7. The normalized spacial score (nSPS) is 11.0. The Bertz CT molecular complexity index is 525. The van der Waals surface area contributed by atoms with Crippen molar-refractivity contribution >= 4 is 29.4 Å². The number of halogens is 2. The lowest BCUT2D eigenvalue weighted by atomic mass is 10.2. The molecule has 0 unspecified atom stereocenters. The molecule has 7 heteroatoms. The van der Waals surface area contributed by atoms with Crippen LogP contribution >= 0.6 is 11.6 Å². The maximum Gasteiger partial charge on any atom is 0.412 e. The van der Waals surface area contributed by atoms with Gasteiger partial charge in [-0.2, -0.15) is 0 Å². The Labute approximate surface area is 114 Å². The van der Waals surface area contributed by atoms with Gasteiger partial charge in [-0.25, -0.2) is 14.0 Å². The Kier molecular flexibility index (Phi) is 4.36. The largest absolute Gasteiger partial charge is 0.478 e. The van der Waals surface area contributed by atoms with Crippen molar-refractivity contribution in [3.05, 3.63) is 28.5 Å². The van der Waals surface area contributed by atoms with Gasteiger partial charge in [0.15, 0.2) is 5.82 Å². The maximum absolute atomic E-state index is 13.8. The van der Waals surface area contributed by atoms with Gasteiger partial charge in [0.1, 0.15) is 11.2 Å². The molecular formula is C12H13ClFNO4. The Morgan fingerprint density at radius 3 is 2.42 bits per heavy atom. The molecule has 0 fully saturated rings. The fourth-order valence-electron chi connectivity index (χ4n) is 1.26. The van der Waals surface area contributed by atoms with Crippen LogP contribution in [0.3, 0.4) is 0 Å². The zero-order valence-electron chi connectivity index (χ0n) is 10.6. The van der Waals surface area contributed by atoms with Crippen LogP contribution in [0.5, 0.6) is 0 Å². The predicted octanol–water partition coefficient (Wildman–Crippen LogP) is 3.52. The van der Waals surface area contributed by atoms with E-state index in [4.69, 9.17) is 21.4 Å². The molecule has 0 bridgehead atoms. The number of carboxylic acid groups (broad SMARTS) is 1. The minimum absolute atomic E-state index is 0.250. The molecule has 0 aromatic heterocycles. The van der Waals surface area contributed by atoms with Crippen molar-refractivity contribution < 1.29 is 23.8 Å². The van der Waals surface area contributed by atoms with Crippen LogP contribution in [0.4, 0.5) is 14.9 Å². The molecule has 0 spiro atoms. The number of rotatable bonds is 2. The van der Waals surface area contributed by atoms with Crippen molar-refractivity contribution in [1.82, 2.24) is 0 Å². The minimum Gasteiger partial charge on any atom is -0.478 e. The van der Waals surface area contributed by atoms with Gasteiger partial charge in [0.25, 0.3) is 0 Å². The van der Waals surface area contributed by atoms with Crippen LogP contribution in [0.1, 0.15) is 31.1 Å². The van der Waals surface area contributed by atoms with Gasteiger partial charge < -0.3 is 9.84 Å². The van der Waals surface area contributed by atoms with Gasteiger partial charge in [-0.05, 0) is 32.9 Å². The van der Waals surface area contributed by atoms with Crippen molar-refractivity contribution in [3.63, 3.8) is 0 Å². The van der Waals surface area contributed by atoms with E-state index in [0.717, 1.165) is 6.07 Å². The lowest BCUT2D eigenvalue weighted by Crippen LogP contribution is -2.27. The van der Waals surface area contributed by atoms with Crippen molar-refractivity contribution in [1.29, 1.82) is 0 Å². The van der Waals surface area contributed by atoms with E-state index in [0.29, 0.717) is 0 Å². The first-order valence-corrected chi connectivity index (χ1v) is 5.71. The summed E-state index contributed by atoms with van der Waals surface area (Å²) < 4.78 is 18.8. The number of carboxylic acids is 1. The van der Waals surface area contributed by atoms with E-state index in [1.807, 2.05) is 0 Å². The number of hydrogen-bond acceptors (Lipinski definition) is 3. The van der Waals surface area contributed by atoms with Crippen molar-refractivity contribution in [2.24, 2.45) is 0 Å². The Morgan fingerprint density at radius 1 is 1.37 bits per heavy atom. The van der Waals surface area contributed by atoms with Gasteiger partial charge >= 0.3 is 12.1 Å². The highest BCUT2D eigenvalue weighted by Crippen LogP contribution is 2.26. The lowest BCUT2D eigenvalue weighted by Gasteiger charge is -2.20. The van der Waals surface area contributed by atoms with E-state index in [2.05, 4.69) is 5.32 Å². The van der Waals surface area contributed by atoms with E-state index in [1.54, 1.807) is 20.8 Å². The highest BCUT2D eigenvalue weighted by atomic mass is 35.5. The highest BCUT2D eigenvalue weighted by Gasteiger charge is 2.22. The number of ether oxygens (including phenoxy) is 1. The molecule has 0 aliphatic heterocycles. The summed E-state index contributed by atoms with van der Waals surface area (Å²) in [4.78, 5) is 22.3. The molecule has 1 rings (SSSR count). The minimum atomic E-state index is -1.52. The van der Waals surface area contributed by atoms with Crippen LogP contribution < -0.4 is 5.32 Å². The van der Waals surface area contributed by atoms with Crippen LogP contribution in [-0.2, 0) is 4.74 Å². The van der Waals surface area contributed by atoms with E-state index >= 15 is 0 Å². The topological polar surface area (TPSA) is 75.6 Å². The second-order valence-corrected chi connectivity index (χ2v) is 5.12. The molecule has 104 valence electrons. The predicted molar refractivity (Wildman–Crippen MR) is 68.2 cm³/mol. The zero-order chi connectivity index (χ0) is 14.8. The summed E-state index contributed by atoms with van der Waals surface area (Å²) in [6.45, 7) is 4.94. The molecule has 0 aliphatic rings. The standard InChI is InChI=1S/C12H13ClFNO4/c1-12(2,3)19-11(18)15-7-5-4-6(13)8(9(7)14)10(16)17/h4-5H,1-3H3,(H,15,18)(H,16,17). The van der Waals surface area contributed by atoms with Gasteiger partial charge in [-0.1, -0.05) is 11.6 Å². The van der Waals surface area contributed by atoms with Crippen molar-refractivity contribution in [2.75, 3.05) is 5.32 Å². The van der Waals surface area contributed by atoms with Crippen LogP contribution in [0.2, 0.25) is 5.02 Å². The monoisotopic (exact) mass is 289 g/mol. The summed E-state index contributed by atoms with van der Waals surface area (Å²) in [6, 6.07) is 2.34. The van der Waals surface area contributed by atoms with E-state index in [1.165, 1.54) is 6.07 Å². The quantitative estimate of drug-likeness (QED) is 0.873. The first-order valence-electron chi connectivity index (χ1n) is 5.33. The third-order valence-corrected chi connectivity index (χ3v) is 2.26. The SMILES string of the molecule is CC(C)(C)OC(=O)Nc1ccc(Cl)c(C(=O)O)c1F. The summed E-state index contributed by atoms with van der Waals surface area (Å²) in [6.07, 6.45) is -0.884. The molecule has 0 saturated carbocycles. The number of carbonyl (C=O) groups excluding carboxylic acids is 1. The molecular weight excluding hydrogens is 277 g/mol.